The third-order valence-electron chi connectivity index (χ3n) is 2.49. The highest BCUT2D eigenvalue weighted by Gasteiger charge is 2.15. The molecule has 104 valence electrons. The second-order valence-corrected chi connectivity index (χ2v) is 4.96. The summed E-state index contributed by atoms with van der Waals surface area (Å²) in [5.74, 6) is -1.89. The number of anilines is 1. The molecule has 2 N–H and O–H groups in total. The number of carboxylic acid groups (broad SMARTS) is 2. The number of carboxylic acids is 2. The van der Waals surface area contributed by atoms with Crippen molar-refractivity contribution in [2.24, 2.45) is 0 Å². The van der Waals surface area contributed by atoms with Crippen LogP contribution < -0.4 is 4.90 Å². The minimum atomic E-state index is -1.19. The minimum Gasteiger partial charge on any atom is -0.478 e. The summed E-state index contributed by atoms with van der Waals surface area (Å²) < 4.78 is 4.10. The number of aromatic nitrogens is 2. The predicted molar refractivity (Wildman–Crippen MR) is 73.6 cm³/mol. The Balaban J connectivity index is 2.54. The third kappa shape index (κ3) is 2.75. The molecule has 0 unspecified atom stereocenters. The molecule has 1 heterocycles. The second-order valence-electron chi connectivity index (χ2n) is 4.20. The van der Waals surface area contributed by atoms with Crippen molar-refractivity contribution in [3.05, 3.63) is 29.3 Å². The van der Waals surface area contributed by atoms with Crippen LogP contribution in [-0.2, 0) is 0 Å². The van der Waals surface area contributed by atoms with Gasteiger partial charge in [-0.2, -0.15) is 9.36 Å². The van der Waals surface area contributed by atoms with Crippen LogP contribution in [0.5, 0.6) is 0 Å². The zero-order valence-corrected chi connectivity index (χ0v) is 11.5. The molecular weight excluding hydrogens is 282 g/mol. The molecule has 0 atom stereocenters. The number of rotatable bonds is 4. The van der Waals surface area contributed by atoms with Gasteiger partial charge < -0.3 is 15.1 Å². The molecule has 0 aliphatic carbocycles. The van der Waals surface area contributed by atoms with Gasteiger partial charge in [0.1, 0.15) is 5.01 Å². The molecule has 0 aliphatic rings. The van der Waals surface area contributed by atoms with Crippen molar-refractivity contribution in [2.75, 3.05) is 19.0 Å². The van der Waals surface area contributed by atoms with Gasteiger partial charge in [-0.3, -0.25) is 0 Å². The standard InChI is InChI=1S/C12H11N3O4S/c1-15(2)12-13-9(20-14-12)6-3-7(10(16)17)5-8(4-6)11(18)19/h3-5H,1-2H3,(H,16,17)(H,18,19). The summed E-state index contributed by atoms with van der Waals surface area (Å²) in [6.07, 6.45) is 0. The molecule has 0 fully saturated rings. The van der Waals surface area contributed by atoms with Crippen molar-refractivity contribution in [1.82, 2.24) is 9.36 Å². The van der Waals surface area contributed by atoms with Crippen LogP contribution in [0.1, 0.15) is 20.7 Å². The van der Waals surface area contributed by atoms with Crippen molar-refractivity contribution in [2.45, 2.75) is 0 Å². The summed E-state index contributed by atoms with van der Waals surface area (Å²) in [5.41, 5.74) is 0.232. The van der Waals surface area contributed by atoms with Gasteiger partial charge >= 0.3 is 11.9 Å². The first-order valence-corrected chi connectivity index (χ1v) is 6.29. The van der Waals surface area contributed by atoms with E-state index in [0.29, 0.717) is 16.5 Å². The smallest absolute Gasteiger partial charge is 0.335 e. The molecule has 2 aromatic rings. The molecule has 0 aliphatic heterocycles. The van der Waals surface area contributed by atoms with Gasteiger partial charge in [0.2, 0.25) is 5.95 Å². The third-order valence-corrected chi connectivity index (χ3v) is 3.24. The molecule has 1 aromatic carbocycles. The predicted octanol–water partition coefficient (Wildman–Crippen LogP) is 1.67. The number of aromatic carboxylic acids is 2. The van der Waals surface area contributed by atoms with E-state index in [0.717, 1.165) is 17.6 Å². The van der Waals surface area contributed by atoms with E-state index in [1.54, 1.807) is 19.0 Å². The summed E-state index contributed by atoms with van der Waals surface area (Å²) >= 11 is 1.08. The SMILES string of the molecule is CN(C)c1nsc(-c2cc(C(=O)O)cc(C(=O)O)c2)n1. The fraction of sp³-hybridized carbons (Fsp3) is 0.167. The first-order chi connectivity index (χ1) is 9.38. The summed E-state index contributed by atoms with van der Waals surface area (Å²) in [5, 5.41) is 18.5. The van der Waals surface area contributed by atoms with Crippen molar-refractivity contribution in [3.63, 3.8) is 0 Å². The van der Waals surface area contributed by atoms with Crippen molar-refractivity contribution >= 4 is 29.4 Å². The van der Waals surface area contributed by atoms with E-state index in [9.17, 15) is 9.59 Å². The van der Waals surface area contributed by atoms with E-state index in [2.05, 4.69) is 9.36 Å². The number of benzene rings is 1. The normalized spacial score (nSPS) is 10.3. The Bertz CT molecular complexity index is 649. The van der Waals surface area contributed by atoms with Gasteiger partial charge in [0.15, 0.2) is 0 Å². The molecule has 1 aromatic heterocycles. The Morgan fingerprint density at radius 2 is 1.65 bits per heavy atom. The Hall–Kier alpha value is -2.48. The molecule has 20 heavy (non-hydrogen) atoms. The summed E-state index contributed by atoms with van der Waals surface area (Å²) in [6.45, 7) is 0. The molecule has 0 amide bonds. The lowest BCUT2D eigenvalue weighted by Gasteiger charge is -2.04. The van der Waals surface area contributed by atoms with Crippen LogP contribution in [0.4, 0.5) is 5.95 Å². The topological polar surface area (TPSA) is 104 Å². The Kier molecular flexibility index (Phi) is 3.66. The zero-order valence-electron chi connectivity index (χ0n) is 10.7. The van der Waals surface area contributed by atoms with E-state index in [1.165, 1.54) is 12.1 Å². The molecule has 0 saturated carbocycles. The van der Waals surface area contributed by atoms with Gasteiger partial charge in [0.25, 0.3) is 0 Å². The lowest BCUT2D eigenvalue weighted by Crippen LogP contribution is -2.10. The molecule has 2 rings (SSSR count). The number of hydrogen-bond acceptors (Lipinski definition) is 6. The van der Waals surface area contributed by atoms with Gasteiger partial charge in [-0.1, -0.05) is 0 Å². The highest BCUT2D eigenvalue weighted by molar-refractivity contribution is 7.09. The maximum absolute atomic E-state index is 11.0. The zero-order chi connectivity index (χ0) is 14.9. The van der Waals surface area contributed by atoms with Crippen molar-refractivity contribution < 1.29 is 19.8 Å². The number of carbonyl (C=O) groups is 2. The largest absolute Gasteiger partial charge is 0.478 e. The Labute approximate surface area is 118 Å². The van der Waals surface area contributed by atoms with Crippen molar-refractivity contribution in [1.29, 1.82) is 0 Å². The maximum atomic E-state index is 11.0. The lowest BCUT2D eigenvalue weighted by molar-refractivity contribution is 0.0696. The van der Waals surface area contributed by atoms with Crippen LogP contribution in [0.25, 0.3) is 10.6 Å². The summed E-state index contributed by atoms with van der Waals surface area (Å²) in [6, 6.07) is 3.88. The highest BCUT2D eigenvalue weighted by atomic mass is 32.1. The van der Waals surface area contributed by atoms with Gasteiger partial charge in [0.05, 0.1) is 11.1 Å². The minimum absolute atomic E-state index is 0.0958. The van der Waals surface area contributed by atoms with Crippen LogP contribution in [0.3, 0.4) is 0 Å². The van der Waals surface area contributed by atoms with Crippen LogP contribution in [0.15, 0.2) is 18.2 Å². The first kappa shape index (κ1) is 13.9. The molecule has 7 nitrogen and oxygen atoms in total. The first-order valence-electron chi connectivity index (χ1n) is 5.51. The fourth-order valence-electron chi connectivity index (χ4n) is 1.51. The quantitative estimate of drug-likeness (QED) is 0.883. The van der Waals surface area contributed by atoms with Crippen LogP contribution in [0.2, 0.25) is 0 Å². The average molecular weight is 293 g/mol. The Morgan fingerprint density at radius 1 is 1.10 bits per heavy atom. The van der Waals surface area contributed by atoms with Crippen LogP contribution >= 0.6 is 11.5 Å². The van der Waals surface area contributed by atoms with Crippen LogP contribution in [0, 0.1) is 0 Å². The Morgan fingerprint density at radius 3 is 2.05 bits per heavy atom. The van der Waals surface area contributed by atoms with E-state index in [-0.39, 0.29) is 11.1 Å². The van der Waals surface area contributed by atoms with E-state index >= 15 is 0 Å². The highest BCUT2D eigenvalue weighted by Crippen LogP contribution is 2.26. The molecule has 8 heteroatoms. The molecule has 0 radical (unpaired) electrons. The monoisotopic (exact) mass is 293 g/mol. The molecule has 0 spiro atoms. The van der Waals surface area contributed by atoms with Crippen LogP contribution in [-0.4, -0.2) is 45.6 Å². The lowest BCUT2D eigenvalue weighted by atomic mass is 10.1. The van der Waals surface area contributed by atoms with Gasteiger partial charge in [-0.15, -0.1) is 0 Å². The molecular formula is C12H11N3O4S. The van der Waals surface area contributed by atoms with E-state index < -0.39 is 11.9 Å². The number of hydrogen-bond donors (Lipinski definition) is 2. The summed E-state index contributed by atoms with van der Waals surface area (Å²) in [4.78, 5) is 28.0. The van der Waals surface area contributed by atoms with Gasteiger partial charge in [0, 0.05) is 19.7 Å². The molecule has 0 bridgehead atoms. The van der Waals surface area contributed by atoms with Gasteiger partial charge in [-0.25, -0.2) is 9.59 Å². The molecule has 0 saturated heterocycles. The average Bonchev–Trinajstić information content (AvgIpc) is 2.87. The van der Waals surface area contributed by atoms with Crippen molar-refractivity contribution in [3.8, 4) is 10.6 Å². The van der Waals surface area contributed by atoms with E-state index in [1.807, 2.05) is 0 Å². The summed E-state index contributed by atoms with van der Waals surface area (Å²) in [7, 11) is 3.56. The number of nitrogens with zero attached hydrogens (tertiary/aromatic N) is 3. The maximum Gasteiger partial charge on any atom is 0.335 e. The van der Waals surface area contributed by atoms with Gasteiger partial charge in [-0.05, 0) is 29.7 Å². The van der Waals surface area contributed by atoms with E-state index in [4.69, 9.17) is 10.2 Å². The second kappa shape index (κ2) is 5.25. The fourth-order valence-corrected chi connectivity index (χ4v) is 2.23.